The van der Waals surface area contributed by atoms with E-state index in [9.17, 15) is 5.26 Å². The predicted octanol–water partition coefficient (Wildman–Crippen LogP) is 3.57. The summed E-state index contributed by atoms with van der Waals surface area (Å²) in [5.74, 6) is 0.907. The minimum atomic E-state index is -0.939. The van der Waals surface area contributed by atoms with Gasteiger partial charge in [-0.15, -0.1) is 11.6 Å². The molecule has 0 spiro atoms. The Balaban J connectivity index is 1.64. The highest BCUT2D eigenvalue weighted by molar-refractivity contribution is 6.26. The number of hydrogen-bond donors (Lipinski definition) is 0. The highest BCUT2D eigenvalue weighted by Gasteiger charge is 2.65. The molecule has 0 amide bonds. The molecule has 0 N–H and O–H groups in total. The van der Waals surface area contributed by atoms with Crippen LogP contribution in [0.2, 0.25) is 0 Å². The van der Waals surface area contributed by atoms with E-state index in [-0.39, 0.29) is 18.1 Å². The average molecular weight is 332 g/mol. The lowest BCUT2D eigenvalue weighted by molar-refractivity contribution is -0.0794. The van der Waals surface area contributed by atoms with Gasteiger partial charge in [-0.3, -0.25) is 0 Å². The molecule has 2 bridgehead atoms. The van der Waals surface area contributed by atoms with Gasteiger partial charge >= 0.3 is 0 Å². The summed E-state index contributed by atoms with van der Waals surface area (Å²) in [5.41, 5.74) is 0.393. The van der Waals surface area contributed by atoms with E-state index in [1.54, 1.807) is 7.11 Å². The zero-order valence-electron chi connectivity index (χ0n) is 13.0. The van der Waals surface area contributed by atoms with Gasteiger partial charge in [0.25, 0.3) is 0 Å². The SMILES string of the molecule is COc1ccc([C@H]2O[C@H]3[C@H]4C=C[C@@](C)([C@H]3O2)[C@@](Cl)(C#N)C4)cc1. The minimum absolute atomic E-state index is 0.0580. The lowest BCUT2D eigenvalue weighted by atomic mass is 9.57. The van der Waals surface area contributed by atoms with Gasteiger partial charge in [-0.1, -0.05) is 31.2 Å². The molecule has 120 valence electrons. The number of rotatable bonds is 2. The lowest BCUT2D eigenvalue weighted by Crippen LogP contribution is -2.61. The van der Waals surface area contributed by atoms with Crippen molar-refractivity contribution in [3.8, 4) is 11.8 Å². The Kier molecular flexibility index (Phi) is 3.25. The van der Waals surface area contributed by atoms with Crippen molar-refractivity contribution in [3.05, 3.63) is 42.0 Å². The van der Waals surface area contributed by atoms with Crippen LogP contribution in [0.5, 0.6) is 5.75 Å². The van der Waals surface area contributed by atoms with Crippen LogP contribution in [0.15, 0.2) is 36.4 Å². The molecule has 0 radical (unpaired) electrons. The van der Waals surface area contributed by atoms with Gasteiger partial charge in [-0.05, 0) is 18.6 Å². The second-order valence-electron chi connectivity index (χ2n) is 6.69. The highest BCUT2D eigenvalue weighted by atomic mass is 35.5. The Bertz CT molecular complexity index is 697. The van der Waals surface area contributed by atoms with E-state index in [1.807, 2.05) is 37.3 Å². The zero-order chi connectivity index (χ0) is 16.2. The Labute approximate surface area is 140 Å². The Morgan fingerprint density at radius 1 is 1.30 bits per heavy atom. The highest BCUT2D eigenvalue weighted by Crippen LogP contribution is 2.60. The largest absolute Gasteiger partial charge is 0.497 e. The van der Waals surface area contributed by atoms with Crippen molar-refractivity contribution in [2.24, 2.45) is 11.3 Å². The van der Waals surface area contributed by atoms with Crippen molar-refractivity contribution < 1.29 is 14.2 Å². The standard InChI is InChI=1S/C18H18ClNO3/c1-17-8-7-12(9-18(17,19)10-20)14-15(17)23-16(22-14)11-3-5-13(21-2)6-4-11/h3-8,12,14-16H,9H2,1-2H3/t12-,14-,15-,16-,17-,18-/m0/s1. The van der Waals surface area contributed by atoms with Gasteiger partial charge in [-0.25, -0.2) is 0 Å². The van der Waals surface area contributed by atoms with Gasteiger partial charge in [0.15, 0.2) is 6.29 Å². The number of nitrogens with zero attached hydrogens (tertiary/aromatic N) is 1. The summed E-state index contributed by atoms with van der Waals surface area (Å²) in [7, 11) is 1.64. The van der Waals surface area contributed by atoms with E-state index in [0.29, 0.717) is 6.42 Å². The molecule has 4 aliphatic rings. The third-order valence-corrected chi connectivity index (χ3v) is 6.13. The molecule has 23 heavy (non-hydrogen) atoms. The molecule has 0 aromatic heterocycles. The van der Waals surface area contributed by atoms with Crippen LogP contribution in [0.3, 0.4) is 0 Å². The number of benzene rings is 1. The monoisotopic (exact) mass is 331 g/mol. The maximum Gasteiger partial charge on any atom is 0.184 e. The molecule has 2 fully saturated rings. The molecule has 1 aromatic rings. The van der Waals surface area contributed by atoms with Crippen LogP contribution in [0, 0.1) is 22.7 Å². The molecular weight excluding hydrogens is 314 g/mol. The smallest absolute Gasteiger partial charge is 0.184 e. The fraction of sp³-hybridized carbons (Fsp3) is 0.500. The lowest BCUT2D eigenvalue weighted by Gasteiger charge is -2.53. The molecule has 1 heterocycles. The van der Waals surface area contributed by atoms with Crippen LogP contribution in [0.1, 0.15) is 25.2 Å². The van der Waals surface area contributed by atoms with Crippen LogP contribution in [0.4, 0.5) is 0 Å². The Morgan fingerprint density at radius 2 is 2.04 bits per heavy atom. The van der Waals surface area contributed by atoms with Crippen molar-refractivity contribution in [2.75, 3.05) is 7.11 Å². The topological polar surface area (TPSA) is 51.5 Å². The molecule has 6 atom stereocenters. The molecule has 1 saturated heterocycles. The third kappa shape index (κ3) is 1.97. The number of halogens is 1. The van der Waals surface area contributed by atoms with E-state index in [2.05, 4.69) is 12.1 Å². The summed E-state index contributed by atoms with van der Waals surface area (Å²) in [5, 5.41) is 9.57. The number of methoxy groups -OCH3 is 1. The quantitative estimate of drug-likeness (QED) is 0.614. The molecule has 3 aliphatic carbocycles. The minimum Gasteiger partial charge on any atom is -0.497 e. The fourth-order valence-corrected chi connectivity index (χ4v) is 4.31. The van der Waals surface area contributed by atoms with Crippen molar-refractivity contribution in [1.82, 2.24) is 0 Å². The van der Waals surface area contributed by atoms with E-state index >= 15 is 0 Å². The molecule has 1 aliphatic heterocycles. The molecule has 5 rings (SSSR count). The van der Waals surface area contributed by atoms with Crippen LogP contribution in [0.25, 0.3) is 0 Å². The maximum atomic E-state index is 9.57. The summed E-state index contributed by atoms with van der Waals surface area (Å²) < 4.78 is 17.6. The van der Waals surface area contributed by atoms with Gasteiger partial charge in [-0.2, -0.15) is 5.26 Å². The van der Waals surface area contributed by atoms with E-state index < -0.39 is 16.6 Å². The first-order valence-corrected chi connectivity index (χ1v) is 8.13. The molecule has 0 unspecified atom stereocenters. The molecule has 4 nitrogen and oxygen atoms in total. The Morgan fingerprint density at radius 3 is 2.70 bits per heavy atom. The number of fused-ring (bicyclic) bond motifs is 1. The summed E-state index contributed by atoms with van der Waals surface area (Å²) in [6.45, 7) is 1.99. The number of hydrogen-bond acceptors (Lipinski definition) is 4. The summed E-state index contributed by atoms with van der Waals surface area (Å²) >= 11 is 6.63. The zero-order valence-corrected chi connectivity index (χ0v) is 13.8. The van der Waals surface area contributed by atoms with E-state index in [0.717, 1.165) is 11.3 Å². The maximum absolute atomic E-state index is 9.57. The van der Waals surface area contributed by atoms with Gasteiger partial charge in [0.2, 0.25) is 0 Å². The van der Waals surface area contributed by atoms with Crippen LogP contribution in [-0.4, -0.2) is 24.2 Å². The molecule has 5 heteroatoms. The van der Waals surface area contributed by atoms with Crippen LogP contribution < -0.4 is 4.74 Å². The second-order valence-corrected chi connectivity index (χ2v) is 7.33. The molecule has 1 saturated carbocycles. The average Bonchev–Trinajstić information content (AvgIpc) is 3.04. The van der Waals surface area contributed by atoms with Crippen molar-refractivity contribution in [2.45, 2.75) is 36.7 Å². The number of alkyl halides is 1. The second kappa shape index (κ2) is 4.98. The number of ether oxygens (including phenoxy) is 3. The first-order valence-electron chi connectivity index (χ1n) is 7.75. The third-order valence-electron chi connectivity index (χ3n) is 5.49. The van der Waals surface area contributed by atoms with Gasteiger partial charge in [0, 0.05) is 16.9 Å². The first kappa shape index (κ1) is 15.0. The van der Waals surface area contributed by atoms with Gasteiger partial charge in [0.05, 0.1) is 25.4 Å². The van der Waals surface area contributed by atoms with E-state index in [4.69, 9.17) is 25.8 Å². The predicted molar refractivity (Wildman–Crippen MR) is 85.0 cm³/mol. The Hall–Kier alpha value is -1.54. The van der Waals surface area contributed by atoms with Gasteiger partial charge < -0.3 is 14.2 Å². The van der Waals surface area contributed by atoms with Crippen LogP contribution >= 0.6 is 11.6 Å². The van der Waals surface area contributed by atoms with E-state index in [1.165, 1.54) is 0 Å². The summed E-state index contributed by atoms with van der Waals surface area (Å²) in [6.07, 6.45) is 4.05. The van der Waals surface area contributed by atoms with Crippen molar-refractivity contribution in [3.63, 3.8) is 0 Å². The van der Waals surface area contributed by atoms with Crippen molar-refractivity contribution >= 4 is 11.6 Å². The van der Waals surface area contributed by atoms with Crippen molar-refractivity contribution in [1.29, 1.82) is 5.26 Å². The molecule has 1 aromatic carbocycles. The number of nitriles is 1. The fourth-order valence-electron chi connectivity index (χ4n) is 3.96. The first-order chi connectivity index (χ1) is 11.0. The van der Waals surface area contributed by atoms with Gasteiger partial charge in [0.1, 0.15) is 10.6 Å². The van der Waals surface area contributed by atoms with Crippen LogP contribution in [-0.2, 0) is 9.47 Å². The summed E-state index contributed by atoms with van der Waals surface area (Å²) in [4.78, 5) is -0.939. The molecular formula is C18H18ClNO3. The summed E-state index contributed by atoms with van der Waals surface area (Å²) in [6, 6.07) is 9.96. The normalized spacial score (nSPS) is 43.9.